The Morgan fingerprint density at radius 3 is 2.18 bits per heavy atom. The van der Waals surface area contributed by atoms with Crippen molar-refractivity contribution < 1.29 is 4.79 Å². The van der Waals surface area contributed by atoms with Gasteiger partial charge in [-0.3, -0.25) is 4.79 Å². The lowest BCUT2D eigenvalue weighted by molar-refractivity contribution is 0.0950. The minimum absolute atomic E-state index is 0.0251. The van der Waals surface area contributed by atoms with Crippen LogP contribution in [0.15, 0.2) is 18.2 Å². The molecule has 0 spiro atoms. The summed E-state index contributed by atoms with van der Waals surface area (Å²) in [6.07, 6.45) is 0. The Morgan fingerprint density at radius 1 is 1.14 bits per heavy atom. The lowest BCUT2D eigenvalue weighted by Crippen LogP contribution is -2.24. The van der Waals surface area contributed by atoms with Crippen LogP contribution in [-0.4, -0.2) is 10.5 Å². The first-order valence-electron chi connectivity index (χ1n) is 7.55. The van der Waals surface area contributed by atoms with Gasteiger partial charge in [-0.05, 0) is 56.0 Å². The molecule has 0 unspecified atom stereocenters. The highest BCUT2D eigenvalue weighted by molar-refractivity contribution is 5.95. The van der Waals surface area contributed by atoms with Gasteiger partial charge in [0.2, 0.25) is 0 Å². The van der Waals surface area contributed by atoms with Gasteiger partial charge >= 0.3 is 0 Å². The van der Waals surface area contributed by atoms with Gasteiger partial charge in [-0.25, -0.2) is 0 Å². The highest BCUT2D eigenvalue weighted by atomic mass is 16.1. The van der Waals surface area contributed by atoms with Gasteiger partial charge in [0.15, 0.2) is 0 Å². The average molecular weight is 299 g/mol. The highest BCUT2D eigenvalue weighted by Crippen LogP contribution is 2.17. The van der Waals surface area contributed by atoms with Gasteiger partial charge in [0.05, 0.1) is 5.56 Å². The second-order valence-corrected chi connectivity index (χ2v) is 5.94. The third kappa shape index (κ3) is 3.07. The van der Waals surface area contributed by atoms with Crippen molar-refractivity contribution in [3.05, 3.63) is 57.4 Å². The van der Waals surface area contributed by atoms with Gasteiger partial charge in [-0.15, -0.1) is 0 Å². The summed E-state index contributed by atoms with van der Waals surface area (Å²) in [5.74, 6) is -0.0251. The lowest BCUT2D eigenvalue weighted by Gasteiger charge is -2.13. The summed E-state index contributed by atoms with van der Waals surface area (Å²) in [5.41, 5.74) is 13.1. The van der Waals surface area contributed by atoms with Crippen molar-refractivity contribution in [2.45, 2.75) is 40.8 Å². The largest absolute Gasteiger partial charge is 0.351 e. The molecule has 3 N–H and O–H groups in total. The predicted molar refractivity (Wildman–Crippen MR) is 89.9 cm³/mol. The van der Waals surface area contributed by atoms with Crippen molar-refractivity contribution in [1.29, 1.82) is 0 Å². The van der Waals surface area contributed by atoms with E-state index in [0.717, 1.165) is 28.1 Å². The number of nitrogens with one attached hydrogen (secondary N) is 1. The Morgan fingerprint density at radius 2 is 1.73 bits per heavy atom. The molecule has 0 saturated heterocycles. The number of rotatable bonds is 4. The zero-order valence-corrected chi connectivity index (χ0v) is 14.1. The standard InChI is InChI=1S/C18H25N3O/c1-11-6-15(9-19)7-12(2)17(11)10-20-18(22)16-8-13(3)21(5)14(16)4/h6-8H,9-10,19H2,1-5H3,(H,20,22). The number of benzene rings is 1. The van der Waals surface area contributed by atoms with E-state index in [-0.39, 0.29) is 5.91 Å². The maximum atomic E-state index is 12.4. The summed E-state index contributed by atoms with van der Waals surface area (Å²) in [6, 6.07) is 6.11. The molecule has 0 aliphatic carbocycles. The molecule has 1 heterocycles. The van der Waals surface area contributed by atoms with Gasteiger partial charge in [-0.1, -0.05) is 12.1 Å². The van der Waals surface area contributed by atoms with Crippen molar-refractivity contribution in [3.8, 4) is 0 Å². The number of nitrogens with zero attached hydrogens (tertiary/aromatic N) is 1. The molecule has 2 rings (SSSR count). The van der Waals surface area contributed by atoms with E-state index in [1.165, 1.54) is 11.1 Å². The SMILES string of the molecule is Cc1cc(CN)cc(C)c1CNC(=O)c1cc(C)n(C)c1C. The fourth-order valence-corrected chi connectivity index (χ4v) is 2.83. The molecule has 1 aromatic heterocycles. The average Bonchev–Trinajstić information content (AvgIpc) is 2.73. The van der Waals surface area contributed by atoms with Crippen LogP contribution in [0.3, 0.4) is 0 Å². The molecule has 0 saturated carbocycles. The monoisotopic (exact) mass is 299 g/mol. The number of aryl methyl sites for hydroxylation is 3. The van der Waals surface area contributed by atoms with Gasteiger partial charge in [0, 0.05) is 31.5 Å². The number of aromatic nitrogens is 1. The van der Waals surface area contributed by atoms with Crippen LogP contribution in [-0.2, 0) is 20.1 Å². The molecular formula is C18H25N3O. The van der Waals surface area contributed by atoms with Crippen LogP contribution in [0.25, 0.3) is 0 Å². The molecule has 4 heteroatoms. The molecule has 0 atom stereocenters. The molecule has 0 radical (unpaired) electrons. The van der Waals surface area contributed by atoms with Gasteiger partial charge in [0.25, 0.3) is 5.91 Å². The molecule has 0 aliphatic rings. The van der Waals surface area contributed by atoms with Crippen LogP contribution in [0.5, 0.6) is 0 Å². The zero-order chi connectivity index (χ0) is 16.4. The fourth-order valence-electron chi connectivity index (χ4n) is 2.83. The minimum atomic E-state index is -0.0251. The quantitative estimate of drug-likeness (QED) is 0.912. The van der Waals surface area contributed by atoms with Gasteiger partial charge < -0.3 is 15.6 Å². The van der Waals surface area contributed by atoms with Crippen molar-refractivity contribution in [1.82, 2.24) is 9.88 Å². The van der Waals surface area contributed by atoms with E-state index >= 15 is 0 Å². The Kier molecular flexibility index (Phi) is 4.71. The topological polar surface area (TPSA) is 60.0 Å². The van der Waals surface area contributed by atoms with E-state index in [1.807, 2.05) is 31.5 Å². The summed E-state index contributed by atoms with van der Waals surface area (Å²) < 4.78 is 2.03. The van der Waals surface area contributed by atoms with Gasteiger partial charge in [0.1, 0.15) is 0 Å². The summed E-state index contributed by atoms with van der Waals surface area (Å²) in [7, 11) is 1.97. The molecule has 0 fully saturated rings. The van der Waals surface area contributed by atoms with E-state index in [9.17, 15) is 4.79 Å². The van der Waals surface area contributed by atoms with Crippen LogP contribution in [0.4, 0.5) is 0 Å². The van der Waals surface area contributed by atoms with Crippen molar-refractivity contribution in [2.24, 2.45) is 12.8 Å². The van der Waals surface area contributed by atoms with Gasteiger partial charge in [-0.2, -0.15) is 0 Å². The number of hydrogen-bond acceptors (Lipinski definition) is 2. The third-order valence-electron chi connectivity index (χ3n) is 4.44. The van der Waals surface area contributed by atoms with Crippen molar-refractivity contribution in [3.63, 3.8) is 0 Å². The summed E-state index contributed by atoms with van der Waals surface area (Å²) in [5, 5.41) is 3.03. The Bertz CT molecular complexity index is 690. The Labute approximate surface area is 132 Å². The molecule has 2 aromatic rings. The second-order valence-electron chi connectivity index (χ2n) is 5.94. The van der Waals surface area contributed by atoms with Crippen LogP contribution in [0.2, 0.25) is 0 Å². The number of nitrogens with two attached hydrogens (primary N) is 1. The molecule has 118 valence electrons. The summed E-state index contributed by atoms with van der Waals surface area (Å²) in [6.45, 7) is 9.17. The first-order chi connectivity index (χ1) is 10.3. The molecule has 0 aliphatic heterocycles. The van der Waals surface area contributed by atoms with Crippen LogP contribution < -0.4 is 11.1 Å². The minimum Gasteiger partial charge on any atom is -0.351 e. The maximum absolute atomic E-state index is 12.4. The molecule has 1 aromatic carbocycles. The summed E-state index contributed by atoms with van der Waals surface area (Å²) in [4.78, 5) is 12.4. The lowest BCUT2D eigenvalue weighted by atomic mass is 9.99. The molecular weight excluding hydrogens is 274 g/mol. The zero-order valence-electron chi connectivity index (χ0n) is 14.1. The first-order valence-corrected chi connectivity index (χ1v) is 7.55. The number of amides is 1. The number of carbonyl (C=O) groups is 1. The normalized spacial score (nSPS) is 10.8. The third-order valence-corrected chi connectivity index (χ3v) is 4.44. The van der Waals surface area contributed by atoms with Crippen LogP contribution >= 0.6 is 0 Å². The van der Waals surface area contributed by atoms with Crippen molar-refractivity contribution >= 4 is 5.91 Å². The van der Waals surface area contributed by atoms with E-state index in [4.69, 9.17) is 5.73 Å². The molecule has 22 heavy (non-hydrogen) atoms. The first kappa shape index (κ1) is 16.3. The van der Waals surface area contributed by atoms with Crippen LogP contribution in [0.1, 0.15) is 44.0 Å². The van der Waals surface area contributed by atoms with E-state index in [2.05, 4.69) is 31.3 Å². The second kappa shape index (κ2) is 6.36. The Balaban J connectivity index is 2.16. The highest BCUT2D eigenvalue weighted by Gasteiger charge is 2.14. The van der Waals surface area contributed by atoms with Crippen LogP contribution in [0, 0.1) is 27.7 Å². The molecule has 4 nitrogen and oxygen atoms in total. The Hall–Kier alpha value is -2.07. The fraction of sp³-hybridized carbons (Fsp3) is 0.389. The molecule has 1 amide bonds. The maximum Gasteiger partial charge on any atom is 0.253 e. The summed E-state index contributed by atoms with van der Waals surface area (Å²) >= 11 is 0. The number of carbonyl (C=O) groups excluding carboxylic acids is 1. The smallest absolute Gasteiger partial charge is 0.253 e. The van der Waals surface area contributed by atoms with Crippen molar-refractivity contribution in [2.75, 3.05) is 0 Å². The van der Waals surface area contributed by atoms with E-state index in [1.54, 1.807) is 0 Å². The van der Waals surface area contributed by atoms with E-state index in [0.29, 0.717) is 13.1 Å². The number of hydrogen-bond donors (Lipinski definition) is 2. The molecule has 0 bridgehead atoms. The predicted octanol–water partition coefficient (Wildman–Crippen LogP) is 2.65. The van der Waals surface area contributed by atoms with E-state index < -0.39 is 0 Å².